The van der Waals surface area contributed by atoms with Crippen molar-refractivity contribution in [2.75, 3.05) is 30.4 Å². The zero-order valence-electron chi connectivity index (χ0n) is 25.1. The summed E-state index contributed by atoms with van der Waals surface area (Å²) >= 11 is 0. The fraction of sp³-hybridized carbons (Fsp3) is 0.344. The zero-order chi connectivity index (χ0) is 30.4. The molecular weight excluding hydrogens is 558 g/mol. The number of hydrogen-bond acceptors (Lipinski definition) is 8. The number of carbonyl (C=O) groups excluding carboxylic acids is 1. The van der Waals surface area contributed by atoms with Crippen molar-refractivity contribution in [3.63, 3.8) is 0 Å². The summed E-state index contributed by atoms with van der Waals surface area (Å²) in [5, 5.41) is 8.29. The van der Waals surface area contributed by atoms with Crippen molar-refractivity contribution < 1.29 is 9.53 Å². The summed E-state index contributed by atoms with van der Waals surface area (Å²) in [5.41, 5.74) is 3.58. The molecule has 12 heteroatoms. The second-order valence-electron chi connectivity index (χ2n) is 11.4. The predicted molar refractivity (Wildman–Crippen MR) is 170 cm³/mol. The molecule has 0 radical (unpaired) electrons. The molecule has 0 spiro atoms. The van der Waals surface area contributed by atoms with Crippen LogP contribution in [0.5, 0.6) is 5.88 Å². The third-order valence-corrected chi connectivity index (χ3v) is 8.51. The first-order chi connectivity index (χ1) is 21.4. The van der Waals surface area contributed by atoms with Crippen LogP contribution in [0.15, 0.2) is 65.9 Å². The van der Waals surface area contributed by atoms with Crippen LogP contribution in [0.4, 0.5) is 17.3 Å². The number of hydrogen-bond donors (Lipinski definition) is 2. The zero-order valence-corrected chi connectivity index (χ0v) is 25.1. The lowest BCUT2D eigenvalue weighted by molar-refractivity contribution is -0.121. The SMILES string of the molecule is C/C=C\Cn1c(=O)c2cnc(Nc3ccc4c(ccn4CC4(NC)CC4)c3)nc2n1-c1cnc2c(c1)N(CCC)C(=O)CO2. The van der Waals surface area contributed by atoms with E-state index in [1.807, 2.05) is 45.2 Å². The summed E-state index contributed by atoms with van der Waals surface area (Å²) in [7, 11) is 2.03. The quantitative estimate of drug-likeness (QED) is 0.232. The van der Waals surface area contributed by atoms with Crippen molar-refractivity contribution in [3.8, 4) is 11.6 Å². The third kappa shape index (κ3) is 4.80. The van der Waals surface area contributed by atoms with E-state index in [0.29, 0.717) is 47.3 Å². The minimum Gasteiger partial charge on any atom is -0.466 e. The molecule has 2 aliphatic rings. The molecule has 226 valence electrons. The largest absolute Gasteiger partial charge is 0.466 e. The number of likely N-dealkylation sites (N-methyl/N-ethyl adjacent to an activating group) is 1. The van der Waals surface area contributed by atoms with Crippen molar-refractivity contribution in [2.24, 2.45) is 0 Å². The predicted octanol–water partition coefficient (Wildman–Crippen LogP) is 4.14. The van der Waals surface area contributed by atoms with E-state index < -0.39 is 0 Å². The number of nitrogens with one attached hydrogen (secondary N) is 2. The van der Waals surface area contributed by atoms with Crippen molar-refractivity contribution in [3.05, 3.63) is 71.4 Å². The van der Waals surface area contributed by atoms with Crippen molar-refractivity contribution >= 4 is 45.2 Å². The second-order valence-corrected chi connectivity index (χ2v) is 11.4. The van der Waals surface area contributed by atoms with Gasteiger partial charge >= 0.3 is 0 Å². The Morgan fingerprint density at radius 3 is 2.75 bits per heavy atom. The molecule has 1 amide bonds. The molecular formula is C32H35N9O3. The normalized spacial score (nSPS) is 15.7. The Kier molecular flexibility index (Phi) is 6.92. The molecule has 12 nitrogen and oxygen atoms in total. The maximum absolute atomic E-state index is 13.6. The van der Waals surface area contributed by atoms with E-state index in [0.717, 1.165) is 24.0 Å². The Morgan fingerprint density at radius 1 is 1.11 bits per heavy atom. The van der Waals surface area contributed by atoms with E-state index in [9.17, 15) is 9.59 Å². The summed E-state index contributed by atoms with van der Waals surface area (Å²) in [6.45, 7) is 5.67. The van der Waals surface area contributed by atoms with Crippen LogP contribution in [-0.4, -0.2) is 60.5 Å². The molecule has 1 fully saturated rings. The van der Waals surface area contributed by atoms with Gasteiger partial charge in [0.05, 0.1) is 18.4 Å². The number of aromatic nitrogens is 6. The van der Waals surface area contributed by atoms with Crippen LogP contribution in [0.25, 0.3) is 27.6 Å². The number of allylic oxidation sites excluding steroid dienone is 2. The fourth-order valence-electron chi connectivity index (χ4n) is 5.89. The minimum atomic E-state index is -0.224. The summed E-state index contributed by atoms with van der Waals surface area (Å²) < 4.78 is 11.2. The lowest BCUT2D eigenvalue weighted by Crippen LogP contribution is -2.39. The lowest BCUT2D eigenvalue weighted by atomic mass is 10.2. The topological polar surface area (TPSA) is 124 Å². The number of rotatable bonds is 10. The van der Waals surface area contributed by atoms with Gasteiger partial charge in [-0.3, -0.25) is 9.59 Å². The molecule has 0 bridgehead atoms. The first kappa shape index (κ1) is 27.8. The molecule has 1 aromatic carbocycles. The van der Waals surface area contributed by atoms with Crippen LogP contribution in [0.3, 0.4) is 0 Å². The Hall–Kier alpha value is -4.97. The van der Waals surface area contributed by atoms with E-state index in [2.05, 4.69) is 49.6 Å². The lowest BCUT2D eigenvalue weighted by Gasteiger charge is -2.28. The number of amides is 1. The summed E-state index contributed by atoms with van der Waals surface area (Å²) in [6, 6.07) is 10.1. The molecule has 1 aliphatic heterocycles. The van der Waals surface area contributed by atoms with Gasteiger partial charge in [0.1, 0.15) is 11.1 Å². The first-order valence-corrected chi connectivity index (χ1v) is 15.0. The molecule has 44 heavy (non-hydrogen) atoms. The van der Waals surface area contributed by atoms with Crippen LogP contribution < -0.4 is 25.8 Å². The van der Waals surface area contributed by atoms with Gasteiger partial charge < -0.3 is 24.8 Å². The monoisotopic (exact) mass is 593 g/mol. The van der Waals surface area contributed by atoms with Gasteiger partial charge in [-0.15, -0.1) is 0 Å². The highest BCUT2D eigenvalue weighted by atomic mass is 16.5. The molecule has 5 aromatic rings. The number of nitrogens with zero attached hydrogens (tertiary/aromatic N) is 7. The van der Waals surface area contributed by atoms with E-state index >= 15 is 0 Å². The maximum atomic E-state index is 13.6. The summed E-state index contributed by atoms with van der Waals surface area (Å²) in [5.74, 6) is 0.620. The fourth-order valence-corrected chi connectivity index (χ4v) is 5.89. The molecule has 5 heterocycles. The Morgan fingerprint density at radius 2 is 1.98 bits per heavy atom. The standard InChI is InChI=1S/C32H35N9O3/c1-4-6-13-40-30(43)24-18-35-31(36-22-7-8-25-21(15-22)9-14-38(25)20-32(33-3)10-11-32)37-28(24)41(40)23-16-26-29(34-17-23)44-19-27(42)39(26)12-5-2/h4,6-9,14-18,33H,5,10-13,19-20H2,1-3H3,(H,35,36,37)/b6-4-. The van der Waals surface area contributed by atoms with E-state index in [1.54, 1.807) is 26.7 Å². The van der Waals surface area contributed by atoms with Crippen LogP contribution in [-0.2, 0) is 17.9 Å². The van der Waals surface area contributed by atoms with E-state index in [1.165, 1.54) is 18.4 Å². The van der Waals surface area contributed by atoms with E-state index in [-0.39, 0.29) is 23.6 Å². The number of benzene rings is 1. The Bertz CT molecular complexity index is 1980. The molecule has 1 saturated carbocycles. The highest BCUT2D eigenvalue weighted by molar-refractivity contribution is 5.97. The van der Waals surface area contributed by atoms with Gasteiger partial charge in [-0.25, -0.2) is 19.3 Å². The second kappa shape index (κ2) is 10.9. The van der Waals surface area contributed by atoms with Gasteiger partial charge in [0.25, 0.3) is 11.5 Å². The number of anilines is 3. The highest BCUT2D eigenvalue weighted by Crippen LogP contribution is 2.38. The van der Waals surface area contributed by atoms with Gasteiger partial charge in [0, 0.05) is 47.6 Å². The van der Waals surface area contributed by atoms with Crippen molar-refractivity contribution in [1.82, 2.24) is 34.2 Å². The summed E-state index contributed by atoms with van der Waals surface area (Å²) in [6.07, 6.45) is 12.3. The first-order valence-electron chi connectivity index (χ1n) is 15.0. The van der Waals surface area contributed by atoms with Gasteiger partial charge in [-0.2, -0.15) is 4.98 Å². The van der Waals surface area contributed by atoms with Crippen LogP contribution in [0, 0.1) is 0 Å². The molecule has 0 saturated heterocycles. The van der Waals surface area contributed by atoms with Gasteiger partial charge in [-0.05, 0) is 63.6 Å². The molecule has 4 aromatic heterocycles. The number of carbonyl (C=O) groups is 1. The van der Waals surface area contributed by atoms with Crippen LogP contribution in [0.1, 0.15) is 33.1 Å². The summed E-state index contributed by atoms with van der Waals surface area (Å²) in [4.78, 5) is 41.7. The van der Waals surface area contributed by atoms with E-state index in [4.69, 9.17) is 9.72 Å². The smallest absolute Gasteiger partial charge is 0.278 e. The highest BCUT2D eigenvalue weighted by Gasteiger charge is 2.41. The molecule has 0 atom stereocenters. The molecule has 0 unspecified atom stereocenters. The molecule has 2 N–H and O–H groups in total. The minimum absolute atomic E-state index is 0.0483. The maximum Gasteiger partial charge on any atom is 0.278 e. The van der Waals surface area contributed by atoms with Gasteiger partial charge in [0.2, 0.25) is 11.8 Å². The average molecular weight is 594 g/mol. The molecule has 7 rings (SSSR count). The van der Waals surface area contributed by atoms with Crippen molar-refractivity contribution in [1.29, 1.82) is 0 Å². The van der Waals surface area contributed by atoms with Crippen LogP contribution in [0.2, 0.25) is 0 Å². The van der Waals surface area contributed by atoms with Gasteiger partial charge in [0.15, 0.2) is 12.3 Å². The molecule has 1 aliphatic carbocycles. The van der Waals surface area contributed by atoms with Crippen LogP contribution >= 0.6 is 0 Å². The Labute approximate surface area is 254 Å². The third-order valence-electron chi connectivity index (χ3n) is 8.51. The van der Waals surface area contributed by atoms with Crippen molar-refractivity contribution in [2.45, 2.75) is 51.7 Å². The Balaban J connectivity index is 1.27. The number of fused-ring (bicyclic) bond motifs is 3. The van der Waals surface area contributed by atoms with Gasteiger partial charge in [-0.1, -0.05) is 19.1 Å². The average Bonchev–Trinajstić information content (AvgIpc) is 3.63. The number of ether oxygens (including phenoxy) is 1. The number of pyridine rings is 1.